The Hall–Kier alpha value is -3.17. The zero-order chi connectivity index (χ0) is 18.4. The van der Waals surface area contributed by atoms with Crippen molar-refractivity contribution in [3.8, 4) is 11.8 Å². The first-order valence-corrected chi connectivity index (χ1v) is 8.75. The number of rotatable bonds is 6. The highest BCUT2D eigenvalue weighted by Crippen LogP contribution is 2.26. The van der Waals surface area contributed by atoms with Gasteiger partial charge in [0.05, 0.1) is 17.7 Å². The van der Waals surface area contributed by atoms with E-state index in [1.807, 2.05) is 23.6 Å². The Morgan fingerprint density at radius 3 is 2.69 bits per heavy atom. The Kier molecular flexibility index (Phi) is 5.62. The van der Waals surface area contributed by atoms with Crippen LogP contribution in [0.25, 0.3) is 0 Å². The van der Waals surface area contributed by atoms with Crippen molar-refractivity contribution in [1.29, 1.82) is 5.26 Å². The molecule has 2 aromatic carbocycles. The minimum Gasteiger partial charge on any atom is -0.484 e. The highest BCUT2D eigenvalue weighted by Gasteiger charge is 2.18. The van der Waals surface area contributed by atoms with E-state index in [4.69, 9.17) is 10.00 Å². The van der Waals surface area contributed by atoms with Crippen molar-refractivity contribution in [2.24, 2.45) is 0 Å². The molecule has 1 amide bonds. The third-order valence-electron chi connectivity index (χ3n) is 3.67. The number of nitriles is 1. The summed E-state index contributed by atoms with van der Waals surface area (Å²) in [7, 11) is 0. The van der Waals surface area contributed by atoms with Gasteiger partial charge in [-0.2, -0.15) is 5.26 Å². The number of halogens is 1. The van der Waals surface area contributed by atoms with Gasteiger partial charge in [-0.25, -0.2) is 4.39 Å². The Morgan fingerprint density at radius 1 is 1.19 bits per heavy atom. The molecule has 1 N–H and O–H groups in total. The van der Waals surface area contributed by atoms with Gasteiger partial charge in [-0.1, -0.05) is 24.3 Å². The van der Waals surface area contributed by atoms with Gasteiger partial charge in [-0.15, -0.1) is 11.3 Å². The molecule has 0 radical (unpaired) electrons. The Morgan fingerprint density at radius 2 is 2.00 bits per heavy atom. The number of ether oxygens (including phenoxy) is 1. The quantitative estimate of drug-likeness (QED) is 0.716. The number of carbonyl (C=O) groups excluding carboxylic acids is 1. The van der Waals surface area contributed by atoms with Gasteiger partial charge in [0.2, 0.25) is 0 Å². The molecule has 0 saturated heterocycles. The summed E-state index contributed by atoms with van der Waals surface area (Å²) in [5, 5.41) is 13.7. The molecular weight excluding hydrogens is 351 g/mol. The highest BCUT2D eigenvalue weighted by atomic mass is 32.1. The maximum atomic E-state index is 13.2. The van der Waals surface area contributed by atoms with Crippen LogP contribution in [0.3, 0.4) is 0 Å². The molecule has 26 heavy (non-hydrogen) atoms. The summed E-state index contributed by atoms with van der Waals surface area (Å²) >= 11 is 1.51. The van der Waals surface area contributed by atoms with E-state index in [1.54, 1.807) is 36.4 Å². The van der Waals surface area contributed by atoms with Gasteiger partial charge in [-0.05, 0) is 47.3 Å². The maximum Gasteiger partial charge on any atom is 0.258 e. The number of amides is 1. The van der Waals surface area contributed by atoms with Crippen molar-refractivity contribution in [2.45, 2.75) is 6.04 Å². The van der Waals surface area contributed by atoms with Crippen LogP contribution in [-0.4, -0.2) is 12.5 Å². The summed E-state index contributed by atoms with van der Waals surface area (Å²) in [6.45, 7) is -0.183. The molecule has 6 heteroatoms. The fourth-order valence-corrected chi connectivity index (χ4v) is 3.24. The van der Waals surface area contributed by atoms with Crippen LogP contribution in [0, 0.1) is 17.1 Å². The number of hydrogen-bond donors (Lipinski definition) is 1. The maximum absolute atomic E-state index is 13.2. The van der Waals surface area contributed by atoms with Gasteiger partial charge in [0, 0.05) is 4.88 Å². The van der Waals surface area contributed by atoms with E-state index in [2.05, 4.69) is 5.32 Å². The lowest BCUT2D eigenvalue weighted by Crippen LogP contribution is -2.32. The molecule has 0 bridgehead atoms. The van der Waals surface area contributed by atoms with E-state index in [0.29, 0.717) is 11.3 Å². The second-order valence-electron chi connectivity index (χ2n) is 5.50. The fraction of sp³-hybridized carbons (Fsp3) is 0.100. The molecule has 0 spiro atoms. The molecule has 1 aromatic heterocycles. The lowest BCUT2D eigenvalue weighted by Gasteiger charge is -2.18. The first-order valence-electron chi connectivity index (χ1n) is 7.87. The van der Waals surface area contributed by atoms with Gasteiger partial charge in [-0.3, -0.25) is 4.79 Å². The second-order valence-corrected chi connectivity index (χ2v) is 6.48. The van der Waals surface area contributed by atoms with Gasteiger partial charge < -0.3 is 10.1 Å². The summed E-state index contributed by atoms with van der Waals surface area (Å²) in [6, 6.07) is 18.1. The number of nitrogens with one attached hydrogen (secondary N) is 1. The Labute approximate surface area is 154 Å². The van der Waals surface area contributed by atoms with E-state index >= 15 is 0 Å². The normalized spacial score (nSPS) is 11.4. The van der Waals surface area contributed by atoms with Gasteiger partial charge in [0.25, 0.3) is 5.91 Å². The molecule has 0 aliphatic carbocycles. The average Bonchev–Trinajstić information content (AvgIpc) is 3.20. The molecule has 130 valence electrons. The van der Waals surface area contributed by atoms with Crippen molar-refractivity contribution in [2.75, 3.05) is 6.61 Å². The van der Waals surface area contributed by atoms with Gasteiger partial charge >= 0.3 is 0 Å². The SMILES string of the molecule is N#Cc1cccc(OCC(=O)N[C@H](c2ccc(F)cc2)c2cccs2)c1. The molecule has 0 aliphatic rings. The van der Waals surface area contributed by atoms with Crippen LogP contribution in [-0.2, 0) is 4.79 Å². The predicted octanol–water partition coefficient (Wildman–Crippen LogP) is 4.04. The van der Waals surface area contributed by atoms with Crippen LogP contribution in [0.5, 0.6) is 5.75 Å². The molecule has 1 atom stereocenters. The first-order chi connectivity index (χ1) is 12.7. The molecular formula is C20H15FN2O2S. The van der Waals surface area contributed by atoms with Crippen molar-refractivity contribution >= 4 is 17.2 Å². The van der Waals surface area contributed by atoms with E-state index in [1.165, 1.54) is 23.5 Å². The molecule has 1 heterocycles. The predicted molar refractivity (Wildman–Crippen MR) is 97.4 cm³/mol. The minimum absolute atomic E-state index is 0.183. The van der Waals surface area contributed by atoms with E-state index in [9.17, 15) is 9.18 Å². The molecule has 0 unspecified atom stereocenters. The molecule has 0 aliphatic heterocycles. The highest BCUT2D eigenvalue weighted by molar-refractivity contribution is 7.10. The zero-order valence-electron chi connectivity index (χ0n) is 13.7. The number of nitrogens with zero attached hydrogens (tertiary/aromatic N) is 1. The zero-order valence-corrected chi connectivity index (χ0v) is 14.5. The van der Waals surface area contributed by atoms with Crippen molar-refractivity contribution in [3.63, 3.8) is 0 Å². The molecule has 3 rings (SSSR count). The second kappa shape index (κ2) is 8.28. The Bertz CT molecular complexity index is 918. The molecule has 3 aromatic rings. The first kappa shape index (κ1) is 17.6. The summed E-state index contributed by atoms with van der Waals surface area (Å²) < 4.78 is 18.7. The third-order valence-corrected chi connectivity index (χ3v) is 4.61. The smallest absolute Gasteiger partial charge is 0.258 e. The average molecular weight is 366 g/mol. The van der Waals surface area contributed by atoms with Crippen LogP contribution in [0.4, 0.5) is 4.39 Å². The Balaban J connectivity index is 1.69. The van der Waals surface area contributed by atoms with E-state index in [0.717, 1.165) is 10.4 Å². The van der Waals surface area contributed by atoms with Gasteiger partial charge in [0.15, 0.2) is 6.61 Å². The summed E-state index contributed by atoms with van der Waals surface area (Å²) in [5.41, 5.74) is 1.25. The molecule has 0 fully saturated rings. The van der Waals surface area contributed by atoms with E-state index in [-0.39, 0.29) is 24.4 Å². The van der Waals surface area contributed by atoms with Crippen LogP contribution < -0.4 is 10.1 Å². The number of carbonyl (C=O) groups is 1. The lowest BCUT2D eigenvalue weighted by molar-refractivity contribution is -0.123. The topological polar surface area (TPSA) is 62.1 Å². The number of thiophene rings is 1. The van der Waals surface area contributed by atoms with Crippen LogP contribution >= 0.6 is 11.3 Å². The summed E-state index contributed by atoms with van der Waals surface area (Å²) in [4.78, 5) is 13.3. The third kappa shape index (κ3) is 4.47. The van der Waals surface area contributed by atoms with Crippen molar-refractivity contribution < 1.29 is 13.9 Å². The largest absolute Gasteiger partial charge is 0.484 e. The number of benzene rings is 2. The van der Waals surface area contributed by atoms with Crippen LogP contribution in [0.1, 0.15) is 22.0 Å². The van der Waals surface area contributed by atoms with Crippen molar-refractivity contribution in [1.82, 2.24) is 5.32 Å². The minimum atomic E-state index is -0.378. The van der Waals surface area contributed by atoms with Crippen LogP contribution in [0.2, 0.25) is 0 Å². The number of hydrogen-bond acceptors (Lipinski definition) is 4. The lowest BCUT2D eigenvalue weighted by atomic mass is 10.1. The van der Waals surface area contributed by atoms with Crippen LogP contribution in [0.15, 0.2) is 66.0 Å². The summed E-state index contributed by atoms with van der Waals surface area (Å²) in [5.74, 6) is -0.186. The van der Waals surface area contributed by atoms with E-state index < -0.39 is 0 Å². The van der Waals surface area contributed by atoms with Crippen molar-refractivity contribution in [3.05, 3.63) is 87.9 Å². The molecule has 4 nitrogen and oxygen atoms in total. The van der Waals surface area contributed by atoms with Gasteiger partial charge in [0.1, 0.15) is 11.6 Å². The fourth-order valence-electron chi connectivity index (χ4n) is 2.44. The molecule has 0 saturated carbocycles. The monoisotopic (exact) mass is 366 g/mol. The summed E-state index contributed by atoms with van der Waals surface area (Å²) in [6.07, 6.45) is 0. The standard InChI is InChI=1S/C20H15FN2O2S/c21-16-8-6-15(7-9-16)20(18-5-2-10-26-18)23-19(24)13-25-17-4-1-3-14(11-17)12-22/h1-11,20H,13H2,(H,23,24)/t20-/m1/s1.